The number of carbonyl (C=O) groups excluding carboxylic acids is 2. The monoisotopic (exact) mass is 708 g/mol. The summed E-state index contributed by atoms with van der Waals surface area (Å²) in [6, 6.07) is 10.6. The van der Waals surface area contributed by atoms with E-state index >= 15 is 0 Å². The van der Waals surface area contributed by atoms with Crippen LogP contribution < -0.4 is 15.0 Å². The first-order valence-electron chi connectivity index (χ1n) is 15.6. The number of benzene rings is 2. The highest BCUT2D eigenvalue weighted by Crippen LogP contribution is 2.37. The van der Waals surface area contributed by atoms with E-state index in [1.807, 2.05) is 19.1 Å². The number of alkyl halides is 3. The predicted octanol–water partition coefficient (Wildman–Crippen LogP) is 5.98. The summed E-state index contributed by atoms with van der Waals surface area (Å²) >= 11 is 0. The number of aliphatic imine (C=N–C) groups is 1. The molecule has 1 spiro atoms. The number of carbonyl (C=O) groups is 2. The zero-order chi connectivity index (χ0) is 35.7. The van der Waals surface area contributed by atoms with Gasteiger partial charge in [0.15, 0.2) is 8.32 Å². The third kappa shape index (κ3) is 8.73. The van der Waals surface area contributed by atoms with E-state index in [1.54, 1.807) is 11.0 Å². The van der Waals surface area contributed by atoms with E-state index in [4.69, 9.17) is 4.43 Å². The Kier molecular flexibility index (Phi) is 10.7. The van der Waals surface area contributed by atoms with Crippen LogP contribution in [0.2, 0.25) is 18.1 Å². The van der Waals surface area contributed by atoms with E-state index in [2.05, 4.69) is 48.9 Å². The van der Waals surface area contributed by atoms with Gasteiger partial charge in [-0.05, 0) is 79.4 Å². The fourth-order valence-electron chi connectivity index (χ4n) is 5.24. The molecule has 1 saturated heterocycles. The third-order valence-electron chi connectivity index (χ3n) is 9.19. The van der Waals surface area contributed by atoms with Gasteiger partial charge in [0.2, 0.25) is 15.9 Å². The number of rotatable bonds is 10. The number of ether oxygens (including phenoxy) is 1. The first-order valence-corrected chi connectivity index (χ1v) is 20.0. The Morgan fingerprint density at radius 3 is 2.40 bits per heavy atom. The molecule has 2 aromatic carbocycles. The standard InChI is InChI=1S/C33H43F3N4O6SSi/c1-23-11-12-27(40(24(2)41)18-19-45-48(6,7)31(3,4)5)21-25(23)13-20-47(43,44)39-16-14-32(15-17-39)30(42)37-29(38-32)26-9-8-10-28(22-26)46-33(34,35)36/h8-13,20-22H,14-19H2,1-7H3,(H,37,38,42)/b20-13+. The van der Waals surface area contributed by atoms with Crippen molar-refractivity contribution in [1.29, 1.82) is 0 Å². The van der Waals surface area contributed by atoms with Crippen molar-refractivity contribution in [2.24, 2.45) is 4.99 Å². The number of amides is 2. The van der Waals surface area contributed by atoms with Crippen molar-refractivity contribution in [2.45, 2.75) is 77.5 Å². The first-order chi connectivity index (χ1) is 22.1. The molecule has 0 atom stereocenters. The van der Waals surface area contributed by atoms with Gasteiger partial charge in [-0.3, -0.25) is 14.6 Å². The topological polar surface area (TPSA) is 118 Å². The van der Waals surface area contributed by atoms with Gasteiger partial charge >= 0.3 is 6.36 Å². The zero-order valence-corrected chi connectivity index (χ0v) is 30.1. The molecule has 1 N–H and O–H groups in total. The lowest BCUT2D eigenvalue weighted by atomic mass is 9.89. The van der Waals surface area contributed by atoms with E-state index in [0.29, 0.717) is 24.4 Å². The summed E-state index contributed by atoms with van der Waals surface area (Å²) in [6.07, 6.45) is -3.19. The van der Waals surface area contributed by atoms with E-state index in [-0.39, 0.29) is 48.3 Å². The van der Waals surface area contributed by atoms with E-state index < -0.39 is 41.9 Å². The van der Waals surface area contributed by atoms with Gasteiger partial charge in [-0.15, -0.1) is 13.2 Å². The van der Waals surface area contributed by atoms with Crippen molar-refractivity contribution in [2.75, 3.05) is 31.1 Å². The van der Waals surface area contributed by atoms with E-state index in [9.17, 15) is 31.2 Å². The molecule has 15 heteroatoms. The maximum atomic E-state index is 13.4. The van der Waals surface area contributed by atoms with E-state index in [0.717, 1.165) is 23.1 Å². The molecule has 0 radical (unpaired) electrons. The summed E-state index contributed by atoms with van der Waals surface area (Å²) in [5.41, 5.74) is 1.08. The largest absolute Gasteiger partial charge is 0.573 e. The number of hydrogen-bond donors (Lipinski definition) is 1. The molecule has 2 aliphatic heterocycles. The molecule has 48 heavy (non-hydrogen) atoms. The Balaban J connectivity index is 1.44. The molecular weight excluding hydrogens is 666 g/mol. The SMILES string of the molecule is CC(=O)N(CCO[Si](C)(C)C(C)(C)C)c1ccc(C)c(/C=C/S(=O)(=O)N2CCC3(CC2)N=C(c2cccc(OC(F)(F)F)c2)NC3=O)c1. The Labute approximate surface area is 281 Å². The summed E-state index contributed by atoms with van der Waals surface area (Å²) in [6.45, 7) is 14.8. The van der Waals surface area contributed by atoms with Crippen LogP contribution in [0.25, 0.3) is 6.08 Å². The van der Waals surface area contributed by atoms with Gasteiger partial charge in [0, 0.05) is 43.2 Å². The van der Waals surface area contributed by atoms with Crippen LogP contribution in [0.5, 0.6) is 5.75 Å². The molecule has 2 heterocycles. The molecule has 10 nitrogen and oxygen atoms in total. The lowest BCUT2D eigenvalue weighted by Gasteiger charge is -2.36. The van der Waals surface area contributed by atoms with Crippen LogP contribution in [0.1, 0.15) is 57.2 Å². The van der Waals surface area contributed by atoms with Gasteiger partial charge < -0.3 is 19.4 Å². The summed E-state index contributed by atoms with van der Waals surface area (Å²) in [4.78, 5) is 31.7. The predicted molar refractivity (Wildman–Crippen MR) is 182 cm³/mol. The minimum absolute atomic E-state index is 0.0134. The average molecular weight is 709 g/mol. The number of piperidine rings is 1. The molecule has 2 aliphatic rings. The quantitative estimate of drug-likeness (QED) is 0.304. The number of aryl methyl sites for hydroxylation is 1. The Morgan fingerprint density at radius 1 is 1.12 bits per heavy atom. The van der Waals surface area contributed by atoms with Gasteiger partial charge in [-0.1, -0.05) is 39.0 Å². The Morgan fingerprint density at radius 2 is 1.79 bits per heavy atom. The van der Waals surface area contributed by atoms with Gasteiger partial charge in [-0.2, -0.15) is 4.31 Å². The highest BCUT2D eigenvalue weighted by Gasteiger charge is 2.47. The molecule has 4 rings (SSSR count). The van der Waals surface area contributed by atoms with Gasteiger partial charge in [-0.25, -0.2) is 8.42 Å². The molecule has 0 aromatic heterocycles. The maximum Gasteiger partial charge on any atom is 0.573 e. The summed E-state index contributed by atoms with van der Waals surface area (Å²) in [5, 5.41) is 3.78. The molecular formula is C33H43F3N4O6SSi. The second-order valence-electron chi connectivity index (χ2n) is 13.6. The number of halogens is 3. The first kappa shape index (κ1) is 37.3. The minimum Gasteiger partial charge on any atom is -0.415 e. The van der Waals surface area contributed by atoms with Crippen molar-refractivity contribution in [1.82, 2.24) is 9.62 Å². The smallest absolute Gasteiger partial charge is 0.415 e. The number of nitrogens with zero attached hydrogens (tertiary/aromatic N) is 3. The van der Waals surface area contributed by atoms with Crippen molar-refractivity contribution in [3.63, 3.8) is 0 Å². The van der Waals surface area contributed by atoms with Gasteiger partial charge in [0.1, 0.15) is 17.1 Å². The Hall–Kier alpha value is -3.53. The van der Waals surface area contributed by atoms with E-state index in [1.165, 1.54) is 29.4 Å². The van der Waals surface area contributed by atoms with Crippen molar-refractivity contribution in [3.05, 3.63) is 64.6 Å². The second kappa shape index (κ2) is 13.8. The summed E-state index contributed by atoms with van der Waals surface area (Å²) in [7, 11) is -5.90. The molecule has 0 unspecified atom stereocenters. The summed E-state index contributed by atoms with van der Waals surface area (Å²) < 4.78 is 76.3. The molecule has 2 aromatic rings. The number of hydrogen-bond acceptors (Lipinski definition) is 7. The average Bonchev–Trinajstić information content (AvgIpc) is 3.28. The van der Waals surface area contributed by atoms with Crippen molar-refractivity contribution >= 4 is 47.8 Å². The Bertz CT molecular complexity index is 1710. The maximum absolute atomic E-state index is 13.4. The molecule has 262 valence electrons. The third-order valence-corrected chi connectivity index (χ3v) is 15.3. The van der Waals surface area contributed by atoms with Gasteiger partial charge in [0.25, 0.3) is 5.91 Å². The van der Waals surface area contributed by atoms with Crippen molar-refractivity contribution in [3.8, 4) is 5.75 Å². The molecule has 0 saturated carbocycles. The lowest BCUT2D eigenvalue weighted by molar-refractivity contribution is -0.274. The fourth-order valence-corrected chi connectivity index (χ4v) is 7.46. The van der Waals surface area contributed by atoms with Crippen LogP contribution in [0, 0.1) is 6.92 Å². The van der Waals surface area contributed by atoms with Gasteiger partial charge in [0.05, 0.1) is 6.61 Å². The van der Waals surface area contributed by atoms with Crippen LogP contribution in [-0.4, -0.2) is 76.8 Å². The van der Waals surface area contributed by atoms with Crippen LogP contribution in [-0.2, 0) is 24.0 Å². The lowest BCUT2D eigenvalue weighted by Crippen LogP contribution is -2.50. The fraction of sp³-hybridized carbons (Fsp3) is 0.485. The highest BCUT2D eigenvalue weighted by atomic mass is 32.2. The molecule has 0 bridgehead atoms. The molecule has 0 aliphatic carbocycles. The molecule has 1 fully saturated rings. The van der Waals surface area contributed by atoms with Crippen LogP contribution in [0.15, 0.2) is 52.9 Å². The number of nitrogens with one attached hydrogen (secondary N) is 1. The van der Waals surface area contributed by atoms with Crippen LogP contribution >= 0.6 is 0 Å². The minimum atomic E-state index is -4.87. The van der Waals surface area contributed by atoms with Crippen molar-refractivity contribution < 1.29 is 40.3 Å². The normalized spacial score (nSPS) is 17.5. The molecule has 2 amide bonds. The highest BCUT2D eigenvalue weighted by molar-refractivity contribution is 7.92. The number of amidine groups is 1. The second-order valence-corrected chi connectivity index (χ2v) is 20.2. The number of anilines is 1. The number of sulfonamides is 1. The van der Waals surface area contributed by atoms with Crippen LogP contribution in [0.3, 0.4) is 0 Å². The van der Waals surface area contributed by atoms with Crippen LogP contribution in [0.4, 0.5) is 18.9 Å². The summed E-state index contributed by atoms with van der Waals surface area (Å²) in [5.74, 6) is -0.947. The zero-order valence-electron chi connectivity index (χ0n) is 28.3.